The van der Waals surface area contributed by atoms with E-state index in [2.05, 4.69) is 22.5 Å². The Morgan fingerprint density at radius 1 is 1.16 bits per heavy atom. The van der Waals surface area contributed by atoms with Crippen LogP contribution in [0, 0.1) is 5.92 Å². The molecule has 2 saturated carbocycles. The second-order valence-electron chi connectivity index (χ2n) is 5.76. The van der Waals surface area contributed by atoms with Gasteiger partial charge in [-0.1, -0.05) is 19.3 Å². The van der Waals surface area contributed by atoms with E-state index in [0.29, 0.717) is 6.04 Å². The summed E-state index contributed by atoms with van der Waals surface area (Å²) in [6.45, 7) is 5.47. The number of guanidine groups is 1. The highest BCUT2D eigenvalue weighted by atomic mass is 16.5. The van der Waals surface area contributed by atoms with E-state index < -0.39 is 0 Å². The predicted molar refractivity (Wildman–Crippen MR) is 79.5 cm³/mol. The smallest absolute Gasteiger partial charge is 0.191 e. The quantitative estimate of drug-likeness (QED) is 0.423. The van der Waals surface area contributed by atoms with Gasteiger partial charge in [-0.2, -0.15) is 0 Å². The van der Waals surface area contributed by atoms with Crippen LogP contribution < -0.4 is 10.6 Å². The number of rotatable bonds is 7. The van der Waals surface area contributed by atoms with E-state index in [0.717, 1.165) is 38.2 Å². The Hall–Kier alpha value is -0.770. The summed E-state index contributed by atoms with van der Waals surface area (Å²) in [6.07, 6.45) is 9.36. The molecule has 2 aliphatic carbocycles. The van der Waals surface area contributed by atoms with Gasteiger partial charge in [-0.15, -0.1) is 0 Å². The van der Waals surface area contributed by atoms with E-state index in [4.69, 9.17) is 4.74 Å². The highest BCUT2D eigenvalue weighted by Crippen LogP contribution is 2.28. The zero-order valence-electron chi connectivity index (χ0n) is 12.3. The van der Waals surface area contributed by atoms with Crippen molar-refractivity contribution in [3.63, 3.8) is 0 Å². The zero-order chi connectivity index (χ0) is 13.3. The van der Waals surface area contributed by atoms with Crippen molar-refractivity contribution in [3.8, 4) is 0 Å². The Bertz CT molecular complexity index is 271. The lowest BCUT2D eigenvalue weighted by molar-refractivity contribution is 0.131. The molecule has 2 fully saturated rings. The number of nitrogens with one attached hydrogen (secondary N) is 2. The van der Waals surface area contributed by atoms with Crippen LogP contribution >= 0.6 is 0 Å². The van der Waals surface area contributed by atoms with E-state index in [1.165, 1.54) is 44.9 Å². The molecule has 0 radical (unpaired) electrons. The van der Waals surface area contributed by atoms with Crippen LogP contribution in [0.3, 0.4) is 0 Å². The molecule has 4 nitrogen and oxygen atoms in total. The van der Waals surface area contributed by atoms with Crippen LogP contribution in [0.1, 0.15) is 51.9 Å². The molecular formula is C15H29N3O. The molecule has 0 aromatic heterocycles. The second-order valence-corrected chi connectivity index (χ2v) is 5.76. The molecule has 2 aliphatic rings. The molecule has 2 rings (SSSR count). The van der Waals surface area contributed by atoms with Gasteiger partial charge in [-0.25, -0.2) is 0 Å². The van der Waals surface area contributed by atoms with Gasteiger partial charge in [0.2, 0.25) is 0 Å². The van der Waals surface area contributed by atoms with Crippen molar-refractivity contribution >= 4 is 5.96 Å². The normalized spacial score (nSPS) is 21.4. The fourth-order valence-electron chi connectivity index (χ4n) is 2.52. The molecule has 0 spiro atoms. The van der Waals surface area contributed by atoms with Crippen LogP contribution in [0.4, 0.5) is 0 Å². The molecule has 4 heteroatoms. The van der Waals surface area contributed by atoms with E-state index in [1.807, 2.05) is 0 Å². The molecule has 0 aliphatic heterocycles. The summed E-state index contributed by atoms with van der Waals surface area (Å²) in [6, 6.07) is 0.610. The Morgan fingerprint density at radius 2 is 1.95 bits per heavy atom. The van der Waals surface area contributed by atoms with Crippen LogP contribution in [0.25, 0.3) is 0 Å². The highest BCUT2D eigenvalue weighted by Gasteiger charge is 2.20. The molecule has 0 aromatic rings. The lowest BCUT2D eigenvalue weighted by atomic mass is 9.96. The van der Waals surface area contributed by atoms with Crippen LogP contribution in [0.5, 0.6) is 0 Å². The van der Waals surface area contributed by atoms with Gasteiger partial charge in [0.15, 0.2) is 5.96 Å². The van der Waals surface area contributed by atoms with Gasteiger partial charge in [0.1, 0.15) is 0 Å². The number of hydrogen-bond donors (Lipinski definition) is 2. The first-order valence-electron chi connectivity index (χ1n) is 8.01. The molecule has 0 atom stereocenters. The van der Waals surface area contributed by atoms with E-state index >= 15 is 0 Å². The fraction of sp³-hybridized carbons (Fsp3) is 0.933. The van der Waals surface area contributed by atoms with Crippen molar-refractivity contribution in [2.45, 2.75) is 57.9 Å². The Balaban J connectivity index is 1.63. The fourth-order valence-corrected chi connectivity index (χ4v) is 2.52. The average Bonchev–Trinajstić information content (AvgIpc) is 3.24. The Kier molecular flexibility index (Phi) is 6.48. The molecule has 0 heterocycles. The van der Waals surface area contributed by atoms with Gasteiger partial charge >= 0.3 is 0 Å². The lowest BCUT2D eigenvalue weighted by Gasteiger charge is -2.24. The van der Waals surface area contributed by atoms with Crippen molar-refractivity contribution in [2.75, 3.05) is 26.3 Å². The van der Waals surface area contributed by atoms with E-state index in [-0.39, 0.29) is 0 Å². The number of aliphatic imine (C=N–C) groups is 1. The third kappa shape index (κ3) is 6.28. The number of nitrogens with zero attached hydrogens (tertiary/aromatic N) is 1. The maximum Gasteiger partial charge on any atom is 0.191 e. The van der Waals surface area contributed by atoms with E-state index in [1.54, 1.807) is 0 Å². The van der Waals surface area contributed by atoms with Gasteiger partial charge in [0.05, 0.1) is 13.2 Å². The summed E-state index contributed by atoms with van der Waals surface area (Å²) in [5.41, 5.74) is 0. The molecule has 19 heavy (non-hydrogen) atoms. The second kappa shape index (κ2) is 8.41. The first-order valence-corrected chi connectivity index (χ1v) is 8.01. The number of hydrogen-bond acceptors (Lipinski definition) is 2. The van der Waals surface area contributed by atoms with Gasteiger partial charge in [0, 0.05) is 19.2 Å². The van der Waals surface area contributed by atoms with Gasteiger partial charge < -0.3 is 15.4 Å². The van der Waals surface area contributed by atoms with Crippen molar-refractivity contribution in [3.05, 3.63) is 0 Å². The average molecular weight is 267 g/mol. The lowest BCUT2D eigenvalue weighted by Crippen LogP contribution is -2.44. The minimum atomic E-state index is 0.610. The summed E-state index contributed by atoms with van der Waals surface area (Å²) in [5, 5.41) is 6.88. The van der Waals surface area contributed by atoms with Crippen LogP contribution in [0.2, 0.25) is 0 Å². The first kappa shape index (κ1) is 14.6. The van der Waals surface area contributed by atoms with Crippen molar-refractivity contribution in [1.82, 2.24) is 10.6 Å². The molecule has 2 N–H and O–H groups in total. The molecular weight excluding hydrogens is 238 g/mol. The van der Waals surface area contributed by atoms with Crippen molar-refractivity contribution in [2.24, 2.45) is 10.9 Å². The maximum atomic E-state index is 5.61. The van der Waals surface area contributed by atoms with Crippen LogP contribution in [0.15, 0.2) is 4.99 Å². The monoisotopic (exact) mass is 267 g/mol. The number of ether oxygens (including phenoxy) is 1. The van der Waals surface area contributed by atoms with Crippen molar-refractivity contribution < 1.29 is 4.74 Å². The molecule has 0 amide bonds. The van der Waals surface area contributed by atoms with Crippen molar-refractivity contribution in [1.29, 1.82) is 0 Å². The summed E-state index contributed by atoms with van der Waals surface area (Å²) >= 11 is 0. The topological polar surface area (TPSA) is 45.7 Å². The van der Waals surface area contributed by atoms with Gasteiger partial charge in [-0.3, -0.25) is 4.99 Å². The predicted octanol–water partition coefficient (Wildman–Crippen LogP) is 2.30. The van der Waals surface area contributed by atoms with Gasteiger partial charge in [-0.05, 0) is 38.5 Å². The SMILES string of the molecule is CCNC(=NCCOCC1CC1)NC1CCCCC1. The zero-order valence-corrected chi connectivity index (χ0v) is 12.3. The largest absolute Gasteiger partial charge is 0.379 e. The Labute approximate surface area is 117 Å². The van der Waals surface area contributed by atoms with Crippen LogP contribution in [-0.2, 0) is 4.74 Å². The van der Waals surface area contributed by atoms with E-state index in [9.17, 15) is 0 Å². The minimum Gasteiger partial charge on any atom is -0.379 e. The molecule has 0 bridgehead atoms. The summed E-state index contributed by atoms with van der Waals surface area (Å²) in [7, 11) is 0. The standard InChI is InChI=1S/C15H29N3O/c1-2-16-15(18-14-6-4-3-5-7-14)17-10-11-19-12-13-8-9-13/h13-14H,2-12H2,1H3,(H2,16,17,18). The van der Waals surface area contributed by atoms with Crippen LogP contribution in [-0.4, -0.2) is 38.3 Å². The molecule has 0 unspecified atom stereocenters. The Morgan fingerprint density at radius 3 is 2.63 bits per heavy atom. The molecule has 0 aromatic carbocycles. The molecule has 110 valence electrons. The maximum absolute atomic E-state index is 5.61. The molecule has 0 saturated heterocycles. The van der Waals surface area contributed by atoms with Gasteiger partial charge in [0.25, 0.3) is 0 Å². The summed E-state index contributed by atoms with van der Waals surface area (Å²) in [5.74, 6) is 1.81. The highest BCUT2D eigenvalue weighted by molar-refractivity contribution is 5.80. The summed E-state index contributed by atoms with van der Waals surface area (Å²) < 4.78 is 5.61. The minimum absolute atomic E-state index is 0.610. The third-order valence-electron chi connectivity index (χ3n) is 3.85. The third-order valence-corrected chi connectivity index (χ3v) is 3.85. The summed E-state index contributed by atoms with van der Waals surface area (Å²) in [4.78, 5) is 4.59. The first-order chi connectivity index (χ1) is 9.38.